The van der Waals surface area contributed by atoms with Crippen molar-refractivity contribution < 1.29 is 13.3 Å². The molecule has 0 aliphatic carbocycles. The summed E-state index contributed by atoms with van der Waals surface area (Å²) in [6, 6.07) is 6.27. The van der Waals surface area contributed by atoms with Crippen molar-refractivity contribution >= 4 is 15.5 Å². The SMILES string of the molecule is CC(NCC1CCCS1(=O)=O)c1ccc([N+](=O)[O-])cc1. The number of nitrogens with one attached hydrogen (secondary N) is 1. The quantitative estimate of drug-likeness (QED) is 0.661. The number of hydrogen-bond donors (Lipinski definition) is 1. The van der Waals surface area contributed by atoms with Crippen LogP contribution in [0.4, 0.5) is 5.69 Å². The Balaban J connectivity index is 1.95. The molecule has 1 saturated heterocycles. The average molecular weight is 298 g/mol. The zero-order valence-corrected chi connectivity index (χ0v) is 12.1. The third-order valence-electron chi connectivity index (χ3n) is 3.72. The van der Waals surface area contributed by atoms with Crippen LogP contribution in [-0.4, -0.2) is 30.9 Å². The first-order chi connectivity index (χ1) is 9.40. The van der Waals surface area contributed by atoms with Gasteiger partial charge in [-0.25, -0.2) is 8.42 Å². The van der Waals surface area contributed by atoms with Gasteiger partial charge >= 0.3 is 0 Å². The van der Waals surface area contributed by atoms with E-state index in [-0.39, 0.29) is 22.7 Å². The van der Waals surface area contributed by atoms with Crippen molar-refractivity contribution in [2.75, 3.05) is 12.3 Å². The van der Waals surface area contributed by atoms with Crippen LogP contribution in [-0.2, 0) is 9.84 Å². The normalized spacial score (nSPS) is 22.6. The van der Waals surface area contributed by atoms with Crippen molar-refractivity contribution in [2.24, 2.45) is 0 Å². The van der Waals surface area contributed by atoms with Crippen LogP contribution in [0.15, 0.2) is 24.3 Å². The molecule has 0 radical (unpaired) electrons. The minimum absolute atomic E-state index is 0.0356. The van der Waals surface area contributed by atoms with Crippen LogP contribution in [0.2, 0.25) is 0 Å². The van der Waals surface area contributed by atoms with Gasteiger partial charge in [0.05, 0.1) is 15.9 Å². The molecule has 2 unspecified atom stereocenters. The van der Waals surface area contributed by atoms with Gasteiger partial charge in [-0.1, -0.05) is 12.1 Å². The summed E-state index contributed by atoms with van der Waals surface area (Å²) in [5.41, 5.74) is 0.963. The van der Waals surface area contributed by atoms with Crippen LogP contribution < -0.4 is 5.32 Å². The molecule has 1 fully saturated rings. The largest absolute Gasteiger partial charge is 0.309 e. The highest BCUT2D eigenvalue weighted by Crippen LogP contribution is 2.21. The molecule has 110 valence electrons. The Morgan fingerprint density at radius 3 is 2.55 bits per heavy atom. The van der Waals surface area contributed by atoms with Gasteiger partial charge in [-0.3, -0.25) is 10.1 Å². The molecular weight excluding hydrogens is 280 g/mol. The molecule has 0 amide bonds. The summed E-state index contributed by atoms with van der Waals surface area (Å²) in [6.07, 6.45) is 1.45. The fourth-order valence-electron chi connectivity index (χ4n) is 2.40. The van der Waals surface area contributed by atoms with E-state index >= 15 is 0 Å². The molecule has 1 aromatic carbocycles. The van der Waals surface area contributed by atoms with Crippen LogP contribution >= 0.6 is 0 Å². The zero-order chi connectivity index (χ0) is 14.8. The van der Waals surface area contributed by atoms with Crippen molar-refractivity contribution in [3.8, 4) is 0 Å². The zero-order valence-electron chi connectivity index (χ0n) is 11.3. The fourth-order valence-corrected chi connectivity index (χ4v) is 4.18. The molecule has 20 heavy (non-hydrogen) atoms. The Hall–Kier alpha value is -1.47. The van der Waals surface area contributed by atoms with Crippen LogP contribution in [0.3, 0.4) is 0 Å². The molecule has 2 atom stereocenters. The van der Waals surface area contributed by atoms with E-state index < -0.39 is 14.8 Å². The Labute approximate surface area is 118 Å². The van der Waals surface area contributed by atoms with E-state index in [0.29, 0.717) is 13.0 Å². The molecule has 1 aromatic rings. The van der Waals surface area contributed by atoms with Gasteiger partial charge in [0.25, 0.3) is 5.69 Å². The van der Waals surface area contributed by atoms with Crippen molar-refractivity contribution in [3.63, 3.8) is 0 Å². The summed E-state index contributed by atoms with van der Waals surface area (Å²) in [5.74, 6) is 0.283. The minimum atomic E-state index is -2.93. The van der Waals surface area contributed by atoms with E-state index in [1.165, 1.54) is 12.1 Å². The lowest BCUT2D eigenvalue weighted by Gasteiger charge is -2.17. The smallest absolute Gasteiger partial charge is 0.269 e. The summed E-state index contributed by atoms with van der Waals surface area (Å²) >= 11 is 0. The van der Waals surface area contributed by atoms with Gasteiger partial charge in [-0.05, 0) is 25.3 Å². The van der Waals surface area contributed by atoms with E-state index in [4.69, 9.17) is 0 Å². The van der Waals surface area contributed by atoms with Crippen LogP contribution in [0.25, 0.3) is 0 Å². The standard InChI is InChI=1S/C13H18N2O4S/c1-10(11-4-6-12(7-5-11)15(16)17)14-9-13-3-2-8-20(13,18)19/h4-7,10,13-14H,2-3,8-9H2,1H3. The van der Waals surface area contributed by atoms with Crippen molar-refractivity contribution in [1.82, 2.24) is 5.32 Å². The summed E-state index contributed by atoms with van der Waals surface area (Å²) in [5, 5.41) is 13.5. The first-order valence-corrected chi connectivity index (χ1v) is 8.31. The number of non-ortho nitro benzene ring substituents is 1. The Kier molecular flexibility index (Phi) is 4.39. The number of sulfone groups is 1. The number of nitro benzene ring substituents is 1. The molecule has 7 heteroatoms. The molecule has 0 saturated carbocycles. The first-order valence-electron chi connectivity index (χ1n) is 6.59. The van der Waals surface area contributed by atoms with Gasteiger partial charge in [0.15, 0.2) is 9.84 Å². The van der Waals surface area contributed by atoms with E-state index in [2.05, 4.69) is 5.32 Å². The molecule has 1 aliphatic heterocycles. The van der Waals surface area contributed by atoms with Crippen LogP contribution in [0, 0.1) is 10.1 Å². The maximum atomic E-state index is 11.7. The fraction of sp³-hybridized carbons (Fsp3) is 0.538. The maximum Gasteiger partial charge on any atom is 0.269 e. The average Bonchev–Trinajstić information content (AvgIpc) is 2.75. The number of hydrogen-bond acceptors (Lipinski definition) is 5. The highest BCUT2D eigenvalue weighted by Gasteiger charge is 2.31. The molecule has 1 N–H and O–H groups in total. The molecule has 0 spiro atoms. The van der Waals surface area contributed by atoms with E-state index in [0.717, 1.165) is 12.0 Å². The van der Waals surface area contributed by atoms with Crippen molar-refractivity contribution in [1.29, 1.82) is 0 Å². The second-order valence-electron chi connectivity index (χ2n) is 5.11. The monoisotopic (exact) mass is 298 g/mol. The third-order valence-corrected chi connectivity index (χ3v) is 5.99. The molecule has 6 nitrogen and oxygen atoms in total. The summed E-state index contributed by atoms with van der Waals surface area (Å²) in [7, 11) is -2.93. The van der Waals surface area contributed by atoms with Crippen LogP contribution in [0.5, 0.6) is 0 Å². The first kappa shape index (κ1) is 14.9. The lowest BCUT2D eigenvalue weighted by Crippen LogP contribution is -2.32. The number of benzene rings is 1. The van der Waals surface area contributed by atoms with Crippen molar-refractivity contribution in [3.05, 3.63) is 39.9 Å². The Morgan fingerprint density at radius 1 is 1.40 bits per heavy atom. The Bertz CT molecular complexity index is 583. The van der Waals surface area contributed by atoms with E-state index in [1.807, 2.05) is 6.92 Å². The van der Waals surface area contributed by atoms with E-state index in [1.54, 1.807) is 12.1 Å². The topological polar surface area (TPSA) is 89.3 Å². The van der Waals surface area contributed by atoms with Gasteiger partial charge in [-0.15, -0.1) is 0 Å². The number of nitro groups is 1. The van der Waals surface area contributed by atoms with Gasteiger partial charge in [0, 0.05) is 24.7 Å². The second-order valence-corrected chi connectivity index (χ2v) is 7.51. The molecule has 0 bridgehead atoms. The number of rotatable bonds is 5. The summed E-state index contributed by atoms with van der Waals surface area (Å²) < 4.78 is 23.4. The van der Waals surface area contributed by atoms with Gasteiger partial charge < -0.3 is 5.32 Å². The number of nitrogens with zero attached hydrogens (tertiary/aromatic N) is 1. The second kappa shape index (κ2) is 5.88. The lowest BCUT2D eigenvalue weighted by atomic mass is 10.1. The molecule has 0 aromatic heterocycles. The summed E-state index contributed by atoms with van der Waals surface area (Å²) in [6.45, 7) is 2.35. The third kappa shape index (κ3) is 3.34. The minimum Gasteiger partial charge on any atom is -0.309 e. The highest BCUT2D eigenvalue weighted by atomic mass is 32.2. The van der Waals surface area contributed by atoms with Crippen molar-refractivity contribution in [2.45, 2.75) is 31.1 Å². The molecule has 2 rings (SSSR count). The predicted octanol–water partition coefficient (Wildman–Crippen LogP) is 1.82. The van der Waals surface area contributed by atoms with E-state index in [9.17, 15) is 18.5 Å². The van der Waals surface area contributed by atoms with Crippen LogP contribution in [0.1, 0.15) is 31.4 Å². The maximum absolute atomic E-state index is 11.7. The Morgan fingerprint density at radius 2 is 2.05 bits per heavy atom. The molecule has 1 heterocycles. The molecule has 1 aliphatic rings. The predicted molar refractivity (Wildman–Crippen MR) is 76.3 cm³/mol. The van der Waals surface area contributed by atoms with Gasteiger partial charge in [-0.2, -0.15) is 0 Å². The van der Waals surface area contributed by atoms with Gasteiger partial charge in [0.2, 0.25) is 0 Å². The molecular formula is C13H18N2O4S. The summed E-state index contributed by atoms with van der Waals surface area (Å²) in [4.78, 5) is 10.1. The van der Waals surface area contributed by atoms with Gasteiger partial charge in [0.1, 0.15) is 0 Å². The lowest BCUT2D eigenvalue weighted by molar-refractivity contribution is -0.384. The highest BCUT2D eigenvalue weighted by molar-refractivity contribution is 7.92.